The molecule has 222 valence electrons. The quantitative estimate of drug-likeness (QED) is 0.335. The van der Waals surface area contributed by atoms with E-state index in [0.717, 1.165) is 82.2 Å². The van der Waals surface area contributed by atoms with Gasteiger partial charge in [0.15, 0.2) is 0 Å². The first kappa shape index (κ1) is 28.8. The summed E-state index contributed by atoms with van der Waals surface area (Å²) in [6.07, 6.45) is 11.1. The van der Waals surface area contributed by atoms with Crippen LogP contribution in [0.25, 0.3) is 0 Å². The molecule has 42 heavy (non-hydrogen) atoms. The molecule has 6 rings (SSSR count). The molecule has 0 unspecified atom stereocenters. The third kappa shape index (κ3) is 4.90. The third-order valence-electron chi connectivity index (χ3n) is 10.5. The van der Waals surface area contributed by atoms with Crippen molar-refractivity contribution in [1.29, 1.82) is 0 Å². The van der Waals surface area contributed by atoms with Crippen molar-refractivity contribution < 1.29 is 24.2 Å². The van der Waals surface area contributed by atoms with Gasteiger partial charge in [0.05, 0.1) is 16.9 Å². The van der Waals surface area contributed by atoms with Crippen LogP contribution < -0.4 is 4.90 Å². The molecule has 3 fully saturated rings. The minimum atomic E-state index is -0.896. The lowest BCUT2D eigenvalue weighted by atomic mass is 9.47. The molecule has 7 nitrogen and oxygen atoms in total. The molecule has 1 N–H and O–H groups in total. The van der Waals surface area contributed by atoms with Crippen molar-refractivity contribution in [2.45, 2.75) is 76.7 Å². The molecule has 3 atom stereocenters. The third-order valence-corrected chi connectivity index (χ3v) is 10.5. The van der Waals surface area contributed by atoms with E-state index in [1.807, 2.05) is 6.07 Å². The summed E-state index contributed by atoms with van der Waals surface area (Å²) in [4.78, 5) is 42.6. The van der Waals surface area contributed by atoms with Crippen LogP contribution in [0.2, 0.25) is 0 Å². The number of nitrogens with zero attached hydrogens (tertiary/aromatic N) is 2. The summed E-state index contributed by atoms with van der Waals surface area (Å²) in [6, 6.07) is 17.2. The van der Waals surface area contributed by atoms with Gasteiger partial charge >= 0.3 is 5.97 Å². The Balaban J connectivity index is 1.24. The summed E-state index contributed by atoms with van der Waals surface area (Å²) in [5, 5.41) is 12.7. The molecular formula is C35H42N2O5. The van der Waals surface area contributed by atoms with Crippen LogP contribution in [-0.4, -0.2) is 59.6 Å². The molecule has 1 saturated heterocycles. The van der Waals surface area contributed by atoms with Crippen molar-refractivity contribution >= 4 is 23.5 Å². The van der Waals surface area contributed by atoms with Crippen molar-refractivity contribution in [3.05, 3.63) is 77.4 Å². The number of piperidine rings is 1. The van der Waals surface area contributed by atoms with Crippen LogP contribution >= 0.6 is 0 Å². The highest BCUT2D eigenvalue weighted by atomic mass is 16.5. The van der Waals surface area contributed by atoms with Gasteiger partial charge in [-0.25, -0.2) is 9.69 Å². The van der Waals surface area contributed by atoms with E-state index in [-0.39, 0.29) is 23.3 Å². The lowest BCUT2D eigenvalue weighted by Crippen LogP contribution is -2.73. The topological polar surface area (TPSA) is 87.2 Å². The fourth-order valence-electron chi connectivity index (χ4n) is 8.52. The van der Waals surface area contributed by atoms with Crippen LogP contribution in [0.4, 0.5) is 5.69 Å². The number of aliphatic hydroxyl groups is 1. The molecule has 2 amide bonds. The van der Waals surface area contributed by atoms with E-state index in [9.17, 15) is 19.5 Å². The number of ether oxygens (including phenoxy) is 1. The summed E-state index contributed by atoms with van der Waals surface area (Å²) in [7, 11) is 0. The monoisotopic (exact) mass is 570 g/mol. The Morgan fingerprint density at radius 1 is 0.905 bits per heavy atom. The molecule has 2 heterocycles. The zero-order valence-corrected chi connectivity index (χ0v) is 24.6. The number of hydrogen-bond donors (Lipinski definition) is 1. The number of carbonyl (C=O) groups is 3. The van der Waals surface area contributed by atoms with Gasteiger partial charge in [-0.2, -0.15) is 0 Å². The van der Waals surface area contributed by atoms with E-state index < -0.39 is 28.8 Å². The molecule has 2 saturated carbocycles. The number of carbonyl (C=O) groups excluding carboxylic acids is 3. The number of imide groups is 1. The van der Waals surface area contributed by atoms with E-state index in [0.29, 0.717) is 12.1 Å². The number of rotatable bonds is 8. The van der Waals surface area contributed by atoms with Crippen LogP contribution in [0.3, 0.4) is 0 Å². The Morgan fingerprint density at radius 2 is 1.64 bits per heavy atom. The zero-order chi connectivity index (χ0) is 29.4. The fraction of sp³-hybridized carbons (Fsp3) is 0.514. The van der Waals surface area contributed by atoms with Crippen LogP contribution in [0.5, 0.6) is 0 Å². The predicted octanol–water partition coefficient (Wildman–Crippen LogP) is 5.46. The predicted molar refractivity (Wildman–Crippen MR) is 161 cm³/mol. The highest BCUT2D eigenvalue weighted by Crippen LogP contribution is 2.63. The number of hydrogen-bond acceptors (Lipinski definition) is 6. The van der Waals surface area contributed by atoms with E-state index in [1.54, 1.807) is 31.2 Å². The molecule has 2 aliphatic heterocycles. The van der Waals surface area contributed by atoms with Gasteiger partial charge in [-0.3, -0.25) is 9.59 Å². The summed E-state index contributed by atoms with van der Waals surface area (Å²) in [6.45, 7) is 4.24. The molecule has 2 bridgehead atoms. The van der Waals surface area contributed by atoms with E-state index in [2.05, 4.69) is 29.2 Å². The summed E-state index contributed by atoms with van der Waals surface area (Å²) in [5.74, 6) is -1.46. The summed E-state index contributed by atoms with van der Waals surface area (Å²) >= 11 is 0. The maximum atomic E-state index is 13.7. The van der Waals surface area contributed by atoms with Gasteiger partial charge in [0.1, 0.15) is 6.61 Å². The first-order valence-electron chi connectivity index (χ1n) is 15.6. The Morgan fingerprint density at radius 3 is 2.43 bits per heavy atom. The SMILES string of the molecule is CC1=CC(=O)N(c2ccccc2C(=O)OC[C@@]23CCC[C@]4(CCCCC[C@]42O)CN(CCCc2ccccc2)C3)C1=O. The van der Waals surface area contributed by atoms with Gasteiger partial charge in [0.25, 0.3) is 11.8 Å². The number of likely N-dealkylation sites (tertiary alicyclic amines) is 1. The first-order chi connectivity index (χ1) is 20.3. The second-order valence-electron chi connectivity index (χ2n) is 13.0. The van der Waals surface area contributed by atoms with Gasteiger partial charge in [-0.1, -0.05) is 68.1 Å². The Hall–Kier alpha value is -3.29. The average molecular weight is 571 g/mol. The van der Waals surface area contributed by atoms with Gasteiger partial charge in [-0.15, -0.1) is 0 Å². The van der Waals surface area contributed by atoms with E-state index >= 15 is 0 Å². The number of amides is 2. The Labute approximate surface area is 248 Å². The number of anilines is 1. The van der Waals surface area contributed by atoms with Gasteiger partial charge in [0, 0.05) is 35.6 Å². The van der Waals surface area contributed by atoms with E-state index in [1.165, 1.54) is 11.6 Å². The fourth-order valence-corrected chi connectivity index (χ4v) is 8.52. The minimum absolute atomic E-state index is 0.118. The van der Waals surface area contributed by atoms with Gasteiger partial charge < -0.3 is 14.7 Å². The molecule has 0 spiro atoms. The van der Waals surface area contributed by atoms with Crippen molar-refractivity contribution in [3.63, 3.8) is 0 Å². The van der Waals surface area contributed by atoms with Gasteiger partial charge in [-0.05, 0) is 69.7 Å². The van der Waals surface area contributed by atoms with E-state index in [4.69, 9.17) is 4.74 Å². The van der Waals surface area contributed by atoms with Gasteiger partial charge in [0.2, 0.25) is 0 Å². The molecule has 2 aromatic rings. The Kier molecular flexibility index (Phi) is 7.83. The molecule has 4 aliphatic rings. The number of para-hydroxylation sites is 1. The van der Waals surface area contributed by atoms with Crippen molar-refractivity contribution in [2.75, 3.05) is 31.1 Å². The second-order valence-corrected chi connectivity index (χ2v) is 13.0. The van der Waals surface area contributed by atoms with Crippen LogP contribution in [-0.2, 0) is 20.7 Å². The van der Waals surface area contributed by atoms with Crippen molar-refractivity contribution in [2.24, 2.45) is 10.8 Å². The Bertz CT molecular complexity index is 1390. The molecule has 2 aliphatic carbocycles. The molecule has 2 aromatic carbocycles. The number of aryl methyl sites for hydroxylation is 1. The second kappa shape index (κ2) is 11.4. The lowest BCUT2D eigenvalue weighted by molar-refractivity contribution is -0.258. The largest absolute Gasteiger partial charge is 0.461 e. The summed E-state index contributed by atoms with van der Waals surface area (Å²) in [5.41, 5.74) is 0.431. The highest BCUT2D eigenvalue weighted by molar-refractivity contribution is 6.31. The van der Waals surface area contributed by atoms with Crippen LogP contribution in [0.1, 0.15) is 80.6 Å². The average Bonchev–Trinajstić information content (AvgIpc) is 3.11. The normalized spacial score (nSPS) is 29.6. The molecule has 0 aromatic heterocycles. The molecule has 7 heteroatoms. The van der Waals surface area contributed by atoms with Crippen LogP contribution in [0.15, 0.2) is 66.2 Å². The number of benzene rings is 2. The number of esters is 1. The highest BCUT2D eigenvalue weighted by Gasteiger charge is 2.67. The maximum absolute atomic E-state index is 13.7. The standard InChI is InChI=1S/C35H42N2O5/c1-26-22-30(38)37(31(26)39)29-16-7-6-15-28(29)32(40)42-25-34-19-11-18-33(17-8-3-9-20-35(33,34)41)23-36(24-34)21-10-14-27-12-4-2-5-13-27/h2,4-7,12-13,15-16,22,41H,3,8-11,14,17-21,23-25H2,1H3/t33-,34+,35+/m1/s1. The van der Waals surface area contributed by atoms with Crippen LogP contribution in [0, 0.1) is 10.8 Å². The molecule has 0 radical (unpaired) electrons. The molecular weight excluding hydrogens is 528 g/mol. The lowest BCUT2D eigenvalue weighted by Gasteiger charge is -2.66. The van der Waals surface area contributed by atoms with Crippen molar-refractivity contribution in [1.82, 2.24) is 4.90 Å². The summed E-state index contributed by atoms with van der Waals surface area (Å²) < 4.78 is 6.12. The maximum Gasteiger partial charge on any atom is 0.340 e. The first-order valence-corrected chi connectivity index (χ1v) is 15.6. The van der Waals surface area contributed by atoms with Crippen molar-refractivity contribution in [3.8, 4) is 0 Å². The zero-order valence-electron chi connectivity index (χ0n) is 24.6. The smallest absolute Gasteiger partial charge is 0.340 e. The minimum Gasteiger partial charge on any atom is -0.461 e.